The van der Waals surface area contributed by atoms with Crippen molar-refractivity contribution in [3.05, 3.63) is 23.8 Å². The van der Waals surface area contributed by atoms with Gasteiger partial charge in [0.25, 0.3) is 0 Å². The summed E-state index contributed by atoms with van der Waals surface area (Å²) in [7, 11) is 3.08. The largest absolute Gasteiger partial charge is 0.493 e. The number of carbonyl (C=O) groups is 1. The van der Waals surface area contributed by atoms with Gasteiger partial charge in [0, 0.05) is 4.43 Å². The number of esters is 1. The molecule has 5 heteroatoms. The summed E-state index contributed by atoms with van der Waals surface area (Å²) in [5.74, 6) is 0.781. The molecule has 1 rings (SSSR count). The van der Waals surface area contributed by atoms with Gasteiger partial charge in [-0.2, -0.15) is 0 Å². The van der Waals surface area contributed by atoms with Crippen molar-refractivity contribution in [3.8, 4) is 11.5 Å². The van der Waals surface area contributed by atoms with Crippen molar-refractivity contribution in [3.63, 3.8) is 0 Å². The van der Waals surface area contributed by atoms with E-state index in [1.807, 2.05) is 0 Å². The fraction of sp³-hybridized carbons (Fsp3) is 0.417. The lowest BCUT2D eigenvalue weighted by Crippen LogP contribution is -2.07. The second-order valence-electron chi connectivity index (χ2n) is 3.25. The molecule has 0 bridgehead atoms. The van der Waals surface area contributed by atoms with E-state index in [1.54, 1.807) is 25.3 Å². The van der Waals surface area contributed by atoms with Gasteiger partial charge in [0.05, 0.1) is 26.4 Å². The Bertz CT molecular complexity index is 379. The van der Waals surface area contributed by atoms with E-state index in [1.165, 1.54) is 7.11 Å². The number of benzene rings is 1. The van der Waals surface area contributed by atoms with Crippen LogP contribution in [0.4, 0.5) is 0 Å². The molecule has 1 aromatic rings. The lowest BCUT2D eigenvalue weighted by atomic mass is 10.2. The molecule has 0 fully saturated rings. The van der Waals surface area contributed by atoms with E-state index in [0.717, 1.165) is 10.8 Å². The van der Waals surface area contributed by atoms with Gasteiger partial charge in [-0.1, -0.05) is 22.6 Å². The molecule has 0 saturated heterocycles. The minimum atomic E-state index is -0.337. The molecule has 94 valence electrons. The van der Waals surface area contributed by atoms with Crippen LogP contribution in [0.25, 0.3) is 0 Å². The quantitative estimate of drug-likeness (QED) is 0.343. The van der Waals surface area contributed by atoms with Gasteiger partial charge in [0.2, 0.25) is 0 Å². The molecule has 0 aliphatic carbocycles. The zero-order valence-electron chi connectivity index (χ0n) is 9.86. The average molecular weight is 350 g/mol. The SMILES string of the molecule is COc1ccc(C(=O)OCCCI)cc1OC. The highest BCUT2D eigenvalue weighted by Crippen LogP contribution is 2.27. The highest BCUT2D eigenvalue weighted by molar-refractivity contribution is 14.1. The van der Waals surface area contributed by atoms with Crippen LogP contribution in [0.15, 0.2) is 18.2 Å². The van der Waals surface area contributed by atoms with Crippen molar-refractivity contribution >= 4 is 28.6 Å². The Hall–Kier alpha value is -0.980. The van der Waals surface area contributed by atoms with Gasteiger partial charge in [-0.05, 0) is 24.6 Å². The molecule has 1 aromatic carbocycles. The molecule has 17 heavy (non-hydrogen) atoms. The molecule has 0 spiro atoms. The average Bonchev–Trinajstić information content (AvgIpc) is 2.38. The smallest absolute Gasteiger partial charge is 0.338 e. The summed E-state index contributed by atoms with van der Waals surface area (Å²) in [5, 5.41) is 0. The van der Waals surface area contributed by atoms with E-state index < -0.39 is 0 Å². The summed E-state index contributed by atoms with van der Waals surface area (Å²) in [4.78, 5) is 11.7. The summed E-state index contributed by atoms with van der Waals surface area (Å²) in [5.41, 5.74) is 0.469. The zero-order chi connectivity index (χ0) is 12.7. The zero-order valence-corrected chi connectivity index (χ0v) is 12.0. The van der Waals surface area contributed by atoms with Gasteiger partial charge < -0.3 is 14.2 Å². The van der Waals surface area contributed by atoms with Crippen LogP contribution in [0.3, 0.4) is 0 Å². The molecule has 0 aromatic heterocycles. The van der Waals surface area contributed by atoms with Crippen LogP contribution < -0.4 is 9.47 Å². The molecule has 0 radical (unpaired) electrons. The molecule has 0 aliphatic heterocycles. The number of ether oxygens (including phenoxy) is 3. The van der Waals surface area contributed by atoms with E-state index in [-0.39, 0.29) is 5.97 Å². The Morgan fingerprint density at radius 1 is 1.24 bits per heavy atom. The van der Waals surface area contributed by atoms with Gasteiger partial charge in [0.1, 0.15) is 0 Å². The fourth-order valence-corrected chi connectivity index (χ4v) is 1.58. The molecular weight excluding hydrogens is 335 g/mol. The summed E-state index contributed by atoms with van der Waals surface area (Å²) in [6.07, 6.45) is 0.861. The highest BCUT2D eigenvalue weighted by atomic mass is 127. The predicted octanol–water partition coefficient (Wildman–Crippen LogP) is 2.69. The van der Waals surface area contributed by atoms with E-state index in [0.29, 0.717) is 23.7 Å². The van der Waals surface area contributed by atoms with Crippen LogP contribution in [-0.4, -0.2) is 31.2 Å². The van der Waals surface area contributed by atoms with Gasteiger partial charge in [-0.15, -0.1) is 0 Å². The van der Waals surface area contributed by atoms with Crippen LogP contribution >= 0.6 is 22.6 Å². The van der Waals surface area contributed by atoms with E-state index >= 15 is 0 Å². The molecule has 4 nitrogen and oxygen atoms in total. The molecular formula is C12H15IO4. The molecule has 0 unspecified atom stereocenters. The maximum atomic E-state index is 11.7. The third kappa shape index (κ3) is 4.07. The van der Waals surface area contributed by atoms with Crippen molar-refractivity contribution in [1.29, 1.82) is 0 Å². The van der Waals surface area contributed by atoms with Crippen molar-refractivity contribution in [2.75, 3.05) is 25.3 Å². The Kier molecular flexibility index (Phi) is 6.10. The number of rotatable bonds is 6. The summed E-state index contributed by atoms with van der Waals surface area (Å²) in [6.45, 7) is 0.441. The second kappa shape index (κ2) is 7.37. The van der Waals surface area contributed by atoms with E-state index in [2.05, 4.69) is 22.6 Å². The summed E-state index contributed by atoms with van der Waals surface area (Å²) >= 11 is 2.24. The third-order valence-corrected chi connectivity index (χ3v) is 2.89. The van der Waals surface area contributed by atoms with Crippen molar-refractivity contribution in [2.45, 2.75) is 6.42 Å². The molecule has 0 amide bonds. The van der Waals surface area contributed by atoms with Gasteiger partial charge in [-0.25, -0.2) is 4.79 Å². The number of hydrogen-bond donors (Lipinski definition) is 0. The Balaban J connectivity index is 2.74. The van der Waals surface area contributed by atoms with Crippen LogP contribution in [-0.2, 0) is 4.74 Å². The topological polar surface area (TPSA) is 44.8 Å². The minimum absolute atomic E-state index is 0.337. The monoisotopic (exact) mass is 350 g/mol. The first-order valence-corrected chi connectivity index (χ1v) is 6.70. The molecule has 0 atom stereocenters. The lowest BCUT2D eigenvalue weighted by Gasteiger charge is -2.09. The number of alkyl halides is 1. The van der Waals surface area contributed by atoms with Crippen molar-refractivity contribution in [2.24, 2.45) is 0 Å². The van der Waals surface area contributed by atoms with E-state index in [9.17, 15) is 4.79 Å². The van der Waals surface area contributed by atoms with Crippen LogP contribution in [0.5, 0.6) is 11.5 Å². The third-order valence-electron chi connectivity index (χ3n) is 2.13. The lowest BCUT2D eigenvalue weighted by molar-refractivity contribution is 0.0506. The molecule has 0 heterocycles. The Labute approximate surface area is 114 Å². The summed E-state index contributed by atoms with van der Waals surface area (Å²) < 4.78 is 16.3. The summed E-state index contributed by atoms with van der Waals surface area (Å²) in [6, 6.07) is 4.96. The van der Waals surface area contributed by atoms with Crippen molar-refractivity contribution < 1.29 is 19.0 Å². The predicted molar refractivity (Wildman–Crippen MR) is 73.3 cm³/mol. The number of halogens is 1. The standard InChI is InChI=1S/C12H15IO4/c1-15-10-5-4-9(8-11(10)16-2)12(14)17-7-3-6-13/h4-5,8H,3,6-7H2,1-2H3. The number of methoxy groups -OCH3 is 2. The van der Waals surface area contributed by atoms with Gasteiger partial charge >= 0.3 is 5.97 Å². The fourth-order valence-electron chi connectivity index (χ4n) is 1.27. The Morgan fingerprint density at radius 2 is 1.94 bits per heavy atom. The first-order valence-electron chi connectivity index (χ1n) is 5.18. The molecule has 0 saturated carbocycles. The van der Waals surface area contributed by atoms with E-state index in [4.69, 9.17) is 14.2 Å². The highest BCUT2D eigenvalue weighted by Gasteiger charge is 2.11. The first-order chi connectivity index (χ1) is 8.22. The normalized spacial score (nSPS) is 9.82. The maximum absolute atomic E-state index is 11.7. The van der Waals surface area contributed by atoms with Crippen LogP contribution in [0.1, 0.15) is 16.8 Å². The van der Waals surface area contributed by atoms with Gasteiger partial charge in [-0.3, -0.25) is 0 Å². The number of carbonyl (C=O) groups excluding carboxylic acids is 1. The second-order valence-corrected chi connectivity index (χ2v) is 4.33. The number of hydrogen-bond acceptors (Lipinski definition) is 4. The van der Waals surface area contributed by atoms with Crippen LogP contribution in [0.2, 0.25) is 0 Å². The maximum Gasteiger partial charge on any atom is 0.338 e. The minimum Gasteiger partial charge on any atom is -0.493 e. The van der Waals surface area contributed by atoms with Crippen LogP contribution in [0, 0.1) is 0 Å². The van der Waals surface area contributed by atoms with Gasteiger partial charge in [0.15, 0.2) is 11.5 Å². The first kappa shape index (κ1) is 14.1. The molecule has 0 N–H and O–H groups in total. The molecule has 0 aliphatic rings. The Morgan fingerprint density at radius 3 is 2.53 bits per heavy atom. The van der Waals surface area contributed by atoms with Crippen molar-refractivity contribution in [1.82, 2.24) is 0 Å².